The summed E-state index contributed by atoms with van der Waals surface area (Å²) in [5, 5.41) is 8.97. The van der Waals surface area contributed by atoms with Gasteiger partial charge in [0.2, 0.25) is 5.91 Å². The first-order chi connectivity index (χ1) is 5.71. The molecule has 64 valence electrons. The molecule has 1 heterocycles. The molecule has 0 aliphatic heterocycles. The van der Waals surface area contributed by atoms with Gasteiger partial charge in [-0.2, -0.15) is 5.10 Å². The zero-order valence-corrected chi connectivity index (χ0v) is 6.50. The molecule has 0 radical (unpaired) electrons. The van der Waals surface area contributed by atoms with Gasteiger partial charge in [-0.15, -0.1) is 0 Å². The van der Waals surface area contributed by atoms with Crippen LogP contribution in [0.1, 0.15) is 12.8 Å². The first-order valence-corrected chi connectivity index (χ1v) is 3.80. The minimum atomic E-state index is -0.620. The van der Waals surface area contributed by atoms with E-state index in [0.29, 0.717) is 5.82 Å². The number of nitrogens with zero attached hydrogens (tertiary/aromatic N) is 1. The molecule has 2 rings (SSSR count). The van der Waals surface area contributed by atoms with E-state index < -0.39 is 5.54 Å². The van der Waals surface area contributed by atoms with Crippen molar-refractivity contribution in [2.24, 2.45) is 5.73 Å². The summed E-state index contributed by atoms with van der Waals surface area (Å²) >= 11 is 0. The second-order valence-corrected chi connectivity index (χ2v) is 3.08. The lowest BCUT2D eigenvalue weighted by molar-refractivity contribution is -0.118. The molecule has 1 amide bonds. The first-order valence-electron chi connectivity index (χ1n) is 3.80. The highest BCUT2D eigenvalue weighted by atomic mass is 16.2. The number of nitrogens with two attached hydrogens (primary N) is 1. The van der Waals surface area contributed by atoms with Gasteiger partial charge in [-0.1, -0.05) is 0 Å². The number of anilines is 1. The maximum Gasteiger partial charge on any atom is 0.245 e. The van der Waals surface area contributed by atoms with Gasteiger partial charge >= 0.3 is 0 Å². The van der Waals surface area contributed by atoms with Crippen LogP contribution in [-0.4, -0.2) is 21.6 Å². The fourth-order valence-electron chi connectivity index (χ4n) is 0.934. The van der Waals surface area contributed by atoms with Crippen molar-refractivity contribution in [2.45, 2.75) is 18.4 Å². The van der Waals surface area contributed by atoms with Crippen LogP contribution in [0.5, 0.6) is 0 Å². The number of carbonyl (C=O) groups is 1. The van der Waals surface area contributed by atoms with Crippen LogP contribution in [-0.2, 0) is 4.79 Å². The average molecular weight is 166 g/mol. The van der Waals surface area contributed by atoms with Crippen LogP contribution < -0.4 is 11.1 Å². The van der Waals surface area contributed by atoms with Crippen molar-refractivity contribution in [3.05, 3.63) is 12.3 Å². The second kappa shape index (κ2) is 2.31. The Balaban J connectivity index is 2.00. The predicted octanol–water partition coefficient (Wildman–Crippen LogP) is -0.161. The molecule has 5 heteroatoms. The molecule has 1 saturated carbocycles. The van der Waals surface area contributed by atoms with Gasteiger partial charge in [0, 0.05) is 6.07 Å². The Morgan fingerprint density at radius 1 is 1.75 bits per heavy atom. The Labute approximate surface area is 69.3 Å². The third kappa shape index (κ3) is 1.18. The molecule has 0 unspecified atom stereocenters. The van der Waals surface area contributed by atoms with E-state index in [0.717, 1.165) is 12.8 Å². The zero-order valence-electron chi connectivity index (χ0n) is 6.50. The molecule has 12 heavy (non-hydrogen) atoms. The van der Waals surface area contributed by atoms with Crippen molar-refractivity contribution < 1.29 is 4.79 Å². The largest absolute Gasteiger partial charge is 0.317 e. The summed E-state index contributed by atoms with van der Waals surface area (Å²) < 4.78 is 0. The van der Waals surface area contributed by atoms with Crippen molar-refractivity contribution in [1.29, 1.82) is 0 Å². The van der Waals surface area contributed by atoms with Crippen LogP contribution in [0.3, 0.4) is 0 Å². The zero-order chi connectivity index (χ0) is 8.60. The molecule has 5 nitrogen and oxygen atoms in total. The third-order valence-electron chi connectivity index (χ3n) is 1.99. The van der Waals surface area contributed by atoms with Gasteiger partial charge in [-0.25, -0.2) is 0 Å². The Morgan fingerprint density at radius 2 is 2.50 bits per heavy atom. The highest BCUT2D eigenvalue weighted by Gasteiger charge is 2.46. The van der Waals surface area contributed by atoms with Crippen LogP contribution in [0, 0.1) is 0 Å². The number of aromatic nitrogens is 2. The molecular formula is C7H10N4O. The maximum atomic E-state index is 11.3. The average Bonchev–Trinajstić information content (AvgIpc) is 2.63. The Hall–Kier alpha value is -1.36. The van der Waals surface area contributed by atoms with E-state index in [1.165, 1.54) is 0 Å². The minimum Gasteiger partial charge on any atom is -0.317 e. The Morgan fingerprint density at radius 3 is 3.00 bits per heavy atom. The second-order valence-electron chi connectivity index (χ2n) is 3.08. The van der Waals surface area contributed by atoms with E-state index in [9.17, 15) is 4.79 Å². The maximum absolute atomic E-state index is 11.3. The van der Waals surface area contributed by atoms with E-state index in [1.54, 1.807) is 12.3 Å². The van der Waals surface area contributed by atoms with Crippen molar-refractivity contribution in [3.63, 3.8) is 0 Å². The monoisotopic (exact) mass is 166 g/mol. The highest BCUT2D eigenvalue weighted by Crippen LogP contribution is 2.32. The van der Waals surface area contributed by atoms with Gasteiger partial charge in [0.1, 0.15) is 5.82 Å². The molecule has 1 aliphatic carbocycles. The Bertz CT molecular complexity index is 288. The van der Waals surface area contributed by atoms with Crippen molar-refractivity contribution in [1.82, 2.24) is 10.2 Å². The third-order valence-corrected chi connectivity index (χ3v) is 1.99. The number of rotatable bonds is 2. The summed E-state index contributed by atoms with van der Waals surface area (Å²) in [7, 11) is 0. The van der Waals surface area contributed by atoms with Crippen LogP contribution >= 0.6 is 0 Å². The molecule has 1 aromatic rings. The quantitative estimate of drug-likeness (QED) is 0.570. The molecule has 0 saturated heterocycles. The van der Waals surface area contributed by atoms with Crippen LogP contribution in [0.4, 0.5) is 5.82 Å². The molecule has 0 aromatic carbocycles. The van der Waals surface area contributed by atoms with Crippen LogP contribution in [0.2, 0.25) is 0 Å². The van der Waals surface area contributed by atoms with Gasteiger partial charge in [-0.05, 0) is 12.8 Å². The lowest BCUT2D eigenvalue weighted by Gasteiger charge is -2.06. The van der Waals surface area contributed by atoms with Crippen molar-refractivity contribution >= 4 is 11.7 Å². The fraction of sp³-hybridized carbons (Fsp3) is 0.429. The van der Waals surface area contributed by atoms with Crippen LogP contribution in [0.15, 0.2) is 12.3 Å². The Kier molecular flexibility index (Phi) is 1.41. The molecule has 4 N–H and O–H groups in total. The lowest BCUT2D eigenvalue weighted by Crippen LogP contribution is -2.37. The van der Waals surface area contributed by atoms with E-state index in [-0.39, 0.29) is 5.91 Å². The summed E-state index contributed by atoms with van der Waals surface area (Å²) in [6.45, 7) is 0. The molecule has 1 fully saturated rings. The first kappa shape index (κ1) is 7.30. The number of aromatic amines is 1. The summed E-state index contributed by atoms with van der Waals surface area (Å²) in [6, 6.07) is 1.68. The lowest BCUT2D eigenvalue weighted by atomic mass is 10.3. The predicted molar refractivity (Wildman–Crippen MR) is 43.4 cm³/mol. The van der Waals surface area contributed by atoms with E-state index in [2.05, 4.69) is 15.5 Å². The molecule has 1 aliphatic rings. The normalized spacial score (nSPS) is 18.8. The summed E-state index contributed by atoms with van der Waals surface area (Å²) in [5.41, 5.74) is 5.04. The van der Waals surface area contributed by atoms with Crippen LogP contribution in [0.25, 0.3) is 0 Å². The van der Waals surface area contributed by atoms with E-state index >= 15 is 0 Å². The number of hydrogen-bond donors (Lipinski definition) is 3. The summed E-state index contributed by atoms with van der Waals surface area (Å²) in [6.07, 6.45) is 3.12. The number of nitrogens with one attached hydrogen (secondary N) is 2. The fourth-order valence-corrected chi connectivity index (χ4v) is 0.934. The number of H-pyrrole nitrogens is 1. The van der Waals surface area contributed by atoms with Crippen molar-refractivity contribution in [3.8, 4) is 0 Å². The minimum absolute atomic E-state index is 0.133. The van der Waals surface area contributed by atoms with Gasteiger partial charge in [0.15, 0.2) is 0 Å². The van der Waals surface area contributed by atoms with Gasteiger partial charge in [0.25, 0.3) is 0 Å². The van der Waals surface area contributed by atoms with Gasteiger partial charge < -0.3 is 11.1 Å². The smallest absolute Gasteiger partial charge is 0.245 e. The molecule has 0 bridgehead atoms. The molecule has 0 spiro atoms. The highest BCUT2D eigenvalue weighted by molar-refractivity contribution is 5.99. The number of carbonyl (C=O) groups excluding carboxylic acids is 1. The number of hydrogen-bond acceptors (Lipinski definition) is 3. The van der Waals surface area contributed by atoms with Gasteiger partial charge in [0.05, 0.1) is 11.7 Å². The molecule has 1 aromatic heterocycles. The topological polar surface area (TPSA) is 83.8 Å². The van der Waals surface area contributed by atoms with Crippen molar-refractivity contribution in [2.75, 3.05) is 5.32 Å². The molecule has 0 atom stereocenters. The summed E-state index contributed by atoms with van der Waals surface area (Å²) in [4.78, 5) is 11.3. The standard InChI is InChI=1S/C7H10N4O/c8-7(2-3-7)6(12)10-5-1-4-9-11-5/h1,4H,2-3,8H2,(H2,9,10,11,12). The van der Waals surface area contributed by atoms with E-state index in [4.69, 9.17) is 5.73 Å². The summed E-state index contributed by atoms with van der Waals surface area (Å²) in [5.74, 6) is 0.462. The number of amides is 1. The van der Waals surface area contributed by atoms with Gasteiger partial charge in [-0.3, -0.25) is 9.89 Å². The van der Waals surface area contributed by atoms with E-state index in [1.807, 2.05) is 0 Å². The molecular weight excluding hydrogens is 156 g/mol. The SMILES string of the molecule is NC1(C(=O)Nc2ccn[nH]2)CC1.